The first-order chi connectivity index (χ1) is 12.2. The predicted octanol–water partition coefficient (Wildman–Crippen LogP) is 1.47. The van der Waals surface area contributed by atoms with Gasteiger partial charge in [-0.25, -0.2) is 0 Å². The van der Waals surface area contributed by atoms with E-state index in [1.807, 2.05) is 46.1 Å². The highest BCUT2D eigenvalue weighted by Crippen LogP contribution is 2.31. The summed E-state index contributed by atoms with van der Waals surface area (Å²) in [6.45, 7) is 1.36. The van der Waals surface area contributed by atoms with E-state index in [4.69, 9.17) is 4.74 Å². The molecule has 2 amide bonds. The first-order valence-electron chi connectivity index (χ1n) is 8.51. The van der Waals surface area contributed by atoms with Gasteiger partial charge in [0.25, 0.3) is 5.91 Å². The molecule has 2 aliphatic rings. The molecule has 1 aromatic carbocycles. The van der Waals surface area contributed by atoms with Crippen LogP contribution in [0.3, 0.4) is 0 Å². The number of fused-ring (bicyclic) bond motifs is 1. The number of hydrogen-bond donors (Lipinski definition) is 0. The highest BCUT2D eigenvalue weighted by molar-refractivity contribution is 6.02. The largest absolute Gasteiger partial charge is 0.482 e. The Kier molecular flexibility index (Phi) is 4.13. The minimum absolute atomic E-state index is 0.0276. The number of carbonyl (C=O) groups excluding carboxylic acids is 2. The number of nitrogens with zero attached hydrogens (tertiary/aromatic N) is 4. The van der Waals surface area contributed by atoms with Crippen LogP contribution in [0.2, 0.25) is 0 Å². The molecule has 3 heterocycles. The quantitative estimate of drug-likeness (QED) is 0.849. The number of aromatic nitrogens is 2. The zero-order valence-corrected chi connectivity index (χ0v) is 13.9. The van der Waals surface area contributed by atoms with Crippen molar-refractivity contribution >= 4 is 17.5 Å². The van der Waals surface area contributed by atoms with Gasteiger partial charge in [-0.2, -0.15) is 5.10 Å². The van der Waals surface area contributed by atoms with Gasteiger partial charge in [0.2, 0.25) is 5.91 Å². The summed E-state index contributed by atoms with van der Waals surface area (Å²) in [6, 6.07) is 9.40. The molecule has 1 aromatic heterocycles. The maximum atomic E-state index is 12.8. The molecule has 0 bridgehead atoms. The normalized spacial score (nSPS) is 20.2. The number of hydrogen-bond acceptors (Lipinski definition) is 4. The fourth-order valence-corrected chi connectivity index (χ4v) is 3.46. The van der Waals surface area contributed by atoms with E-state index < -0.39 is 0 Å². The fraction of sp³-hybridized carbons (Fsp3) is 0.389. The Morgan fingerprint density at radius 1 is 1.28 bits per heavy atom. The summed E-state index contributed by atoms with van der Waals surface area (Å²) in [5.74, 6) is 0.414. The first kappa shape index (κ1) is 15.7. The van der Waals surface area contributed by atoms with Gasteiger partial charge in [-0.3, -0.25) is 19.2 Å². The number of para-hydroxylation sites is 2. The van der Waals surface area contributed by atoms with E-state index in [9.17, 15) is 9.59 Å². The number of likely N-dealkylation sites (tertiary alicyclic amines) is 1. The molecule has 7 heteroatoms. The molecule has 1 atom stereocenters. The summed E-state index contributed by atoms with van der Waals surface area (Å²) in [6.07, 6.45) is 5.62. The van der Waals surface area contributed by atoms with Crippen molar-refractivity contribution in [1.29, 1.82) is 0 Å². The first-order valence-corrected chi connectivity index (χ1v) is 8.51. The third-order valence-electron chi connectivity index (χ3n) is 4.75. The molecule has 0 spiro atoms. The monoisotopic (exact) mass is 340 g/mol. The molecule has 1 unspecified atom stereocenters. The Hall–Kier alpha value is -2.83. The van der Waals surface area contributed by atoms with Gasteiger partial charge < -0.3 is 9.64 Å². The van der Waals surface area contributed by atoms with Crippen molar-refractivity contribution < 1.29 is 14.3 Å². The third kappa shape index (κ3) is 3.09. The van der Waals surface area contributed by atoms with Crippen molar-refractivity contribution in [2.24, 2.45) is 0 Å². The van der Waals surface area contributed by atoms with E-state index in [-0.39, 0.29) is 31.0 Å². The highest BCUT2D eigenvalue weighted by Gasteiger charge is 2.31. The second-order valence-electron chi connectivity index (χ2n) is 6.36. The van der Waals surface area contributed by atoms with Gasteiger partial charge in [0.15, 0.2) is 6.61 Å². The Morgan fingerprint density at radius 2 is 2.16 bits per heavy atom. The zero-order valence-electron chi connectivity index (χ0n) is 13.9. The number of benzene rings is 1. The van der Waals surface area contributed by atoms with E-state index in [1.165, 1.54) is 4.90 Å². The number of carbonyl (C=O) groups is 2. The SMILES string of the molecule is O=C(CN1C(=O)COc2ccccc21)N1CCCC(n2cccn2)C1. The van der Waals surface area contributed by atoms with Crippen LogP contribution in [0.4, 0.5) is 5.69 Å². The zero-order chi connectivity index (χ0) is 17.2. The number of anilines is 1. The van der Waals surface area contributed by atoms with Gasteiger partial charge in [-0.1, -0.05) is 12.1 Å². The molecule has 1 fully saturated rings. The number of amides is 2. The second kappa shape index (κ2) is 6.58. The van der Waals surface area contributed by atoms with Crippen LogP contribution >= 0.6 is 0 Å². The van der Waals surface area contributed by atoms with Crippen molar-refractivity contribution in [1.82, 2.24) is 14.7 Å². The molecule has 130 valence electrons. The molecule has 0 radical (unpaired) electrons. The van der Waals surface area contributed by atoms with Gasteiger partial charge in [0.1, 0.15) is 12.3 Å². The Balaban J connectivity index is 1.47. The summed E-state index contributed by atoms with van der Waals surface area (Å²) >= 11 is 0. The molecule has 2 aliphatic heterocycles. The fourth-order valence-electron chi connectivity index (χ4n) is 3.46. The maximum absolute atomic E-state index is 12.8. The van der Waals surface area contributed by atoms with E-state index >= 15 is 0 Å². The molecule has 0 aliphatic carbocycles. The summed E-state index contributed by atoms with van der Waals surface area (Å²) < 4.78 is 7.34. The molecular formula is C18H20N4O3. The third-order valence-corrected chi connectivity index (χ3v) is 4.75. The Morgan fingerprint density at radius 3 is 3.00 bits per heavy atom. The van der Waals surface area contributed by atoms with Crippen molar-refractivity contribution in [2.75, 3.05) is 31.1 Å². The van der Waals surface area contributed by atoms with Crippen molar-refractivity contribution in [3.8, 4) is 5.75 Å². The summed E-state index contributed by atoms with van der Waals surface area (Å²) in [5, 5.41) is 4.29. The van der Waals surface area contributed by atoms with Gasteiger partial charge in [-0.15, -0.1) is 0 Å². The lowest BCUT2D eigenvalue weighted by Gasteiger charge is -2.35. The summed E-state index contributed by atoms with van der Waals surface area (Å²) in [4.78, 5) is 28.4. The molecule has 2 aromatic rings. The van der Waals surface area contributed by atoms with Gasteiger partial charge in [0, 0.05) is 25.5 Å². The van der Waals surface area contributed by atoms with Crippen LogP contribution in [0.5, 0.6) is 5.75 Å². The van der Waals surface area contributed by atoms with Crippen LogP contribution in [0.1, 0.15) is 18.9 Å². The summed E-state index contributed by atoms with van der Waals surface area (Å²) in [5.41, 5.74) is 0.660. The molecule has 0 saturated carbocycles. The van der Waals surface area contributed by atoms with E-state index in [1.54, 1.807) is 6.20 Å². The standard InChI is InChI=1S/C18H20N4O3/c23-17(20-9-3-5-14(11-20)22-10-4-8-19-22)12-21-15-6-1-2-7-16(15)25-13-18(21)24/h1-2,4,6-8,10,14H,3,5,9,11-13H2. The van der Waals surface area contributed by atoms with Crippen LogP contribution in [0.15, 0.2) is 42.7 Å². The van der Waals surface area contributed by atoms with Crippen molar-refractivity contribution in [3.05, 3.63) is 42.7 Å². The Bertz CT molecular complexity index is 774. The smallest absolute Gasteiger partial charge is 0.265 e. The number of rotatable bonds is 3. The molecule has 4 rings (SSSR count). The Labute approximate surface area is 145 Å². The second-order valence-corrected chi connectivity index (χ2v) is 6.36. The lowest BCUT2D eigenvalue weighted by atomic mass is 10.1. The molecule has 1 saturated heterocycles. The topological polar surface area (TPSA) is 67.7 Å². The lowest BCUT2D eigenvalue weighted by molar-refractivity contribution is -0.133. The predicted molar refractivity (Wildman–Crippen MR) is 91.4 cm³/mol. The lowest BCUT2D eigenvalue weighted by Crippen LogP contribution is -2.49. The van der Waals surface area contributed by atoms with E-state index in [0.29, 0.717) is 18.0 Å². The van der Waals surface area contributed by atoms with Crippen LogP contribution in [-0.2, 0) is 9.59 Å². The maximum Gasteiger partial charge on any atom is 0.265 e. The van der Waals surface area contributed by atoms with Gasteiger partial charge >= 0.3 is 0 Å². The van der Waals surface area contributed by atoms with Crippen LogP contribution in [0, 0.1) is 0 Å². The molecule has 0 N–H and O–H groups in total. The van der Waals surface area contributed by atoms with E-state index in [2.05, 4.69) is 5.10 Å². The molecule has 7 nitrogen and oxygen atoms in total. The summed E-state index contributed by atoms with van der Waals surface area (Å²) in [7, 11) is 0. The average Bonchev–Trinajstić information content (AvgIpc) is 3.19. The highest BCUT2D eigenvalue weighted by atomic mass is 16.5. The number of ether oxygens (including phenoxy) is 1. The average molecular weight is 340 g/mol. The minimum atomic E-state index is -0.187. The molecule has 25 heavy (non-hydrogen) atoms. The van der Waals surface area contributed by atoms with Crippen molar-refractivity contribution in [2.45, 2.75) is 18.9 Å². The van der Waals surface area contributed by atoms with Crippen molar-refractivity contribution in [3.63, 3.8) is 0 Å². The minimum Gasteiger partial charge on any atom is -0.482 e. The van der Waals surface area contributed by atoms with E-state index in [0.717, 1.165) is 19.4 Å². The van der Waals surface area contributed by atoms with Gasteiger partial charge in [0.05, 0.1) is 11.7 Å². The number of piperidine rings is 1. The van der Waals surface area contributed by atoms with Crippen LogP contribution in [-0.4, -0.2) is 52.7 Å². The van der Waals surface area contributed by atoms with Crippen LogP contribution in [0.25, 0.3) is 0 Å². The van der Waals surface area contributed by atoms with Gasteiger partial charge in [-0.05, 0) is 31.0 Å². The molecular weight excluding hydrogens is 320 g/mol. The van der Waals surface area contributed by atoms with Crippen LogP contribution < -0.4 is 9.64 Å².